The molecule has 1 aliphatic rings. The van der Waals surface area contributed by atoms with Gasteiger partial charge in [0.2, 0.25) is 5.95 Å². The van der Waals surface area contributed by atoms with Gasteiger partial charge >= 0.3 is 6.09 Å². The molecule has 1 aliphatic heterocycles. The standard InChI is InChI=1S/C23H34FN5O3/c1-23(2,3)26-22(30)32-13-7-11-28(4)15-18-16-29(20-8-5-6-12-31-20)27-21(18)17-9-10-19(24)25-14-17/h9-10,14,16,20H,5-8,11-13,15H2,1-4H3,(H,26,30). The molecule has 1 atom stereocenters. The Hall–Kier alpha value is -2.52. The van der Waals surface area contributed by atoms with Crippen LogP contribution in [0.4, 0.5) is 9.18 Å². The molecule has 0 aromatic carbocycles. The van der Waals surface area contributed by atoms with Crippen LogP contribution in [0, 0.1) is 5.95 Å². The van der Waals surface area contributed by atoms with Crippen molar-refractivity contribution in [1.82, 2.24) is 25.0 Å². The third-order valence-corrected chi connectivity index (χ3v) is 5.09. The molecule has 8 nitrogen and oxygen atoms in total. The van der Waals surface area contributed by atoms with Crippen molar-refractivity contribution in [3.8, 4) is 11.3 Å². The average molecular weight is 448 g/mol. The predicted octanol–water partition coefficient (Wildman–Crippen LogP) is 4.13. The van der Waals surface area contributed by atoms with E-state index in [-0.39, 0.29) is 11.8 Å². The summed E-state index contributed by atoms with van der Waals surface area (Å²) < 4.78 is 26.3. The van der Waals surface area contributed by atoms with Gasteiger partial charge in [0.15, 0.2) is 0 Å². The Kier molecular flexibility index (Phi) is 8.20. The summed E-state index contributed by atoms with van der Waals surface area (Å²) in [4.78, 5) is 17.7. The second kappa shape index (κ2) is 10.9. The second-order valence-corrected chi connectivity index (χ2v) is 9.28. The molecular weight excluding hydrogens is 413 g/mol. The number of hydrogen-bond donors (Lipinski definition) is 1. The molecule has 0 saturated carbocycles. The Labute approximate surface area is 189 Å². The Morgan fingerprint density at radius 2 is 2.19 bits per heavy atom. The molecule has 1 N–H and O–H groups in total. The molecule has 1 saturated heterocycles. The van der Waals surface area contributed by atoms with Crippen LogP contribution in [0.25, 0.3) is 11.3 Å². The number of halogens is 1. The molecule has 1 unspecified atom stereocenters. The molecule has 9 heteroatoms. The van der Waals surface area contributed by atoms with Gasteiger partial charge in [0.1, 0.15) is 6.23 Å². The lowest BCUT2D eigenvalue weighted by Crippen LogP contribution is -2.41. The van der Waals surface area contributed by atoms with Crippen LogP contribution in [0.2, 0.25) is 0 Å². The van der Waals surface area contributed by atoms with Crippen LogP contribution in [0.5, 0.6) is 0 Å². The highest BCUT2D eigenvalue weighted by Gasteiger charge is 2.21. The molecule has 0 aliphatic carbocycles. The summed E-state index contributed by atoms with van der Waals surface area (Å²) in [6.45, 7) is 8.20. The summed E-state index contributed by atoms with van der Waals surface area (Å²) in [6, 6.07) is 3.04. The zero-order chi connectivity index (χ0) is 23.1. The van der Waals surface area contributed by atoms with Gasteiger partial charge in [0.25, 0.3) is 0 Å². The van der Waals surface area contributed by atoms with Gasteiger partial charge in [0.05, 0.1) is 12.3 Å². The molecule has 2 aromatic rings. The molecule has 32 heavy (non-hydrogen) atoms. The molecule has 0 radical (unpaired) electrons. The molecule has 0 bridgehead atoms. The Morgan fingerprint density at radius 3 is 2.84 bits per heavy atom. The minimum absolute atomic E-state index is 0.0790. The highest BCUT2D eigenvalue weighted by atomic mass is 19.1. The number of aromatic nitrogens is 3. The van der Waals surface area contributed by atoms with Crippen molar-refractivity contribution >= 4 is 6.09 Å². The topological polar surface area (TPSA) is 81.5 Å². The van der Waals surface area contributed by atoms with Crippen LogP contribution >= 0.6 is 0 Å². The summed E-state index contributed by atoms with van der Waals surface area (Å²) in [5.74, 6) is -0.516. The van der Waals surface area contributed by atoms with Crippen molar-refractivity contribution in [2.45, 2.75) is 64.8 Å². The number of nitrogens with one attached hydrogen (secondary N) is 1. The van der Waals surface area contributed by atoms with Gasteiger partial charge in [-0.1, -0.05) is 0 Å². The van der Waals surface area contributed by atoms with E-state index in [4.69, 9.17) is 14.6 Å². The minimum Gasteiger partial charge on any atom is -0.450 e. The van der Waals surface area contributed by atoms with Crippen molar-refractivity contribution in [2.24, 2.45) is 0 Å². The quantitative estimate of drug-likeness (QED) is 0.484. The minimum atomic E-state index is -0.516. The molecular formula is C23H34FN5O3. The number of pyridine rings is 1. The lowest BCUT2D eigenvalue weighted by molar-refractivity contribution is -0.0394. The first-order valence-corrected chi connectivity index (χ1v) is 11.2. The Bertz CT molecular complexity index is 873. The van der Waals surface area contributed by atoms with Crippen LogP contribution in [0.3, 0.4) is 0 Å². The van der Waals surface area contributed by atoms with Crippen molar-refractivity contribution in [3.05, 3.63) is 36.0 Å². The smallest absolute Gasteiger partial charge is 0.407 e. The number of rotatable bonds is 8. The number of amides is 1. The van der Waals surface area contributed by atoms with Crippen LogP contribution < -0.4 is 5.32 Å². The normalized spacial score (nSPS) is 16.9. The van der Waals surface area contributed by atoms with E-state index in [1.807, 2.05) is 38.7 Å². The molecule has 3 heterocycles. The van der Waals surface area contributed by atoms with Crippen molar-refractivity contribution < 1.29 is 18.7 Å². The predicted molar refractivity (Wildman–Crippen MR) is 119 cm³/mol. The highest BCUT2D eigenvalue weighted by molar-refractivity contribution is 5.68. The number of ether oxygens (including phenoxy) is 2. The lowest BCUT2D eigenvalue weighted by atomic mass is 10.1. The third kappa shape index (κ3) is 7.27. The molecule has 3 rings (SSSR count). The summed E-state index contributed by atoms with van der Waals surface area (Å²) in [7, 11) is 2.01. The van der Waals surface area contributed by atoms with Crippen LogP contribution in [-0.2, 0) is 16.0 Å². The van der Waals surface area contributed by atoms with Crippen molar-refractivity contribution in [3.63, 3.8) is 0 Å². The fourth-order valence-corrected chi connectivity index (χ4v) is 3.60. The van der Waals surface area contributed by atoms with Gasteiger partial charge < -0.3 is 19.7 Å². The maximum Gasteiger partial charge on any atom is 0.407 e. The van der Waals surface area contributed by atoms with E-state index in [0.717, 1.165) is 49.2 Å². The van der Waals surface area contributed by atoms with Crippen LogP contribution in [-0.4, -0.2) is 58.1 Å². The SMILES string of the molecule is CN(CCCOC(=O)NC(C)(C)C)Cc1cn(C2CCCCO2)nc1-c1ccc(F)nc1. The highest BCUT2D eigenvalue weighted by Crippen LogP contribution is 2.28. The summed E-state index contributed by atoms with van der Waals surface area (Å²) in [6.07, 6.45) is 6.85. The van der Waals surface area contributed by atoms with Gasteiger partial charge in [-0.3, -0.25) is 0 Å². The van der Waals surface area contributed by atoms with Crippen LogP contribution in [0.15, 0.2) is 24.5 Å². The fourth-order valence-electron chi connectivity index (χ4n) is 3.60. The first-order valence-electron chi connectivity index (χ1n) is 11.2. The van der Waals surface area contributed by atoms with E-state index in [1.165, 1.54) is 12.3 Å². The second-order valence-electron chi connectivity index (χ2n) is 9.28. The zero-order valence-corrected chi connectivity index (χ0v) is 19.4. The monoisotopic (exact) mass is 447 g/mol. The van der Waals surface area contributed by atoms with E-state index in [1.54, 1.807) is 6.07 Å². The Balaban J connectivity index is 1.61. The maximum absolute atomic E-state index is 13.3. The Morgan fingerprint density at radius 1 is 1.38 bits per heavy atom. The van der Waals surface area contributed by atoms with Gasteiger partial charge in [-0.25, -0.2) is 14.5 Å². The number of hydrogen-bond acceptors (Lipinski definition) is 6. The summed E-state index contributed by atoms with van der Waals surface area (Å²) in [5, 5.41) is 7.55. The van der Waals surface area contributed by atoms with Gasteiger partial charge in [-0.05, 0) is 65.6 Å². The van der Waals surface area contributed by atoms with E-state index in [9.17, 15) is 9.18 Å². The number of alkyl carbamates (subject to hydrolysis) is 1. The molecule has 0 spiro atoms. The van der Waals surface area contributed by atoms with E-state index in [2.05, 4.69) is 15.2 Å². The number of carbonyl (C=O) groups excluding carboxylic acids is 1. The van der Waals surface area contributed by atoms with E-state index in [0.29, 0.717) is 19.6 Å². The third-order valence-electron chi connectivity index (χ3n) is 5.09. The molecule has 1 amide bonds. The van der Waals surface area contributed by atoms with Crippen molar-refractivity contribution in [1.29, 1.82) is 0 Å². The van der Waals surface area contributed by atoms with E-state index >= 15 is 0 Å². The average Bonchev–Trinajstić information content (AvgIpc) is 3.15. The molecule has 176 valence electrons. The zero-order valence-electron chi connectivity index (χ0n) is 19.4. The van der Waals surface area contributed by atoms with Gasteiger partial charge in [-0.2, -0.15) is 9.49 Å². The van der Waals surface area contributed by atoms with Gasteiger partial charge in [-0.15, -0.1) is 0 Å². The summed E-state index contributed by atoms with van der Waals surface area (Å²) in [5.41, 5.74) is 2.24. The maximum atomic E-state index is 13.3. The lowest BCUT2D eigenvalue weighted by Gasteiger charge is -2.22. The van der Waals surface area contributed by atoms with Crippen molar-refractivity contribution in [2.75, 3.05) is 26.8 Å². The fraction of sp³-hybridized carbons (Fsp3) is 0.609. The molecule has 1 fully saturated rings. The first kappa shape index (κ1) is 24.1. The number of carbonyl (C=O) groups is 1. The van der Waals surface area contributed by atoms with Gasteiger partial charge in [0, 0.05) is 48.8 Å². The number of nitrogens with zero attached hydrogens (tertiary/aromatic N) is 4. The van der Waals surface area contributed by atoms with E-state index < -0.39 is 12.0 Å². The summed E-state index contributed by atoms with van der Waals surface area (Å²) >= 11 is 0. The first-order chi connectivity index (χ1) is 15.2. The molecule has 2 aromatic heterocycles. The van der Waals surface area contributed by atoms with Crippen LogP contribution in [0.1, 0.15) is 58.2 Å². The largest absolute Gasteiger partial charge is 0.450 e.